The molecule has 0 saturated carbocycles. The minimum absolute atomic E-state index is 0.0918. The van der Waals surface area contributed by atoms with Crippen LogP contribution >= 0.6 is 60.5 Å². The normalized spacial score (nSPS) is 14.3. The van der Waals surface area contributed by atoms with E-state index in [2.05, 4.69) is 37.9 Å². The van der Waals surface area contributed by atoms with E-state index in [9.17, 15) is 4.79 Å². The van der Waals surface area contributed by atoms with E-state index >= 15 is 0 Å². The van der Waals surface area contributed by atoms with Crippen molar-refractivity contribution in [1.82, 2.24) is 0 Å². The van der Waals surface area contributed by atoms with Gasteiger partial charge in [0.05, 0.1) is 0 Å². The predicted molar refractivity (Wildman–Crippen MR) is 64.1 cm³/mol. The molecular formula is C5H9IO2S3. The SMILES string of the molecule is CC(I)C(=O)OCC(S)(S)S. The van der Waals surface area contributed by atoms with Crippen LogP contribution in [0.4, 0.5) is 0 Å². The summed E-state index contributed by atoms with van der Waals surface area (Å²) < 4.78 is 3.80. The first-order chi connectivity index (χ1) is 4.83. The molecule has 0 amide bonds. The minimum Gasteiger partial charge on any atom is -0.462 e. The van der Waals surface area contributed by atoms with Crippen molar-refractivity contribution in [1.29, 1.82) is 0 Å². The zero-order valence-corrected chi connectivity index (χ0v) is 10.7. The van der Waals surface area contributed by atoms with Gasteiger partial charge in [-0.1, -0.05) is 22.6 Å². The van der Waals surface area contributed by atoms with Crippen molar-refractivity contribution in [3.63, 3.8) is 0 Å². The summed E-state index contributed by atoms with van der Waals surface area (Å²) in [5.41, 5.74) is 0. The van der Waals surface area contributed by atoms with Crippen LogP contribution in [-0.4, -0.2) is 19.9 Å². The third-order valence-corrected chi connectivity index (χ3v) is 1.63. The number of thiol groups is 3. The largest absolute Gasteiger partial charge is 0.462 e. The van der Waals surface area contributed by atoms with Crippen LogP contribution in [0.5, 0.6) is 0 Å². The highest BCUT2D eigenvalue weighted by Gasteiger charge is 2.18. The molecular weight excluding hydrogens is 315 g/mol. The van der Waals surface area contributed by atoms with Crippen molar-refractivity contribution >= 4 is 66.4 Å². The van der Waals surface area contributed by atoms with Gasteiger partial charge in [-0.25, -0.2) is 0 Å². The zero-order valence-electron chi connectivity index (χ0n) is 5.82. The predicted octanol–water partition coefficient (Wildman–Crippen LogP) is 1.80. The highest BCUT2D eigenvalue weighted by molar-refractivity contribution is 14.1. The van der Waals surface area contributed by atoms with E-state index in [1.807, 2.05) is 22.6 Å². The summed E-state index contributed by atoms with van der Waals surface area (Å²) in [5.74, 6) is -0.271. The van der Waals surface area contributed by atoms with Crippen LogP contribution in [0.2, 0.25) is 0 Å². The second kappa shape index (κ2) is 5.08. The van der Waals surface area contributed by atoms with Crippen LogP contribution in [0.3, 0.4) is 0 Å². The van der Waals surface area contributed by atoms with Gasteiger partial charge >= 0.3 is 5.97 Å². The molecule has 0 bridgehead atoms. The maximum absolute atomic E-state index is 10.9. The van der Waals surface area contributed by atoms with Crippen LogP contribution in [0.1, 0.15) is 6.92 Å². The molecule has 0 aliphatic carbocycles. The molecule has 1 atom stereocenters. The molecule has 0 radical (unpaired) electrons. The molecule has 66 valence electrons. The zero-order chi connectivity index (χ0) is 9.07. The van der Waals surface area contributed by atoms with Gasteiger partial charge in [-0.05, 0) is 6.92 Å². The molecule has 0 rings (SSSR count). The number of ether oxygens (including phenoxy) is 1. The van der Waals surface area contributed by atoms with Crippen molar-refractivity contribution in [3.8, 4) is 0 Å². The van der Waals surface area contributed by atoms with Gasteiger partial charge in [0.2, 0.25) is 0 Å². The van der Waals surface area contributed by atoms with Gasteiger partial charge in [0.25, 0.3) is 0 Å². The summed E-state index contributed by atoms with van der Waals surface area (Å²) in [4.78, 5) is 10.9. The van der Waals surface area contributed by atoms with E-state index in [0.29, 0.717) is 0 Å². The lowest BCUT2D eigenvalue weighted by molar-refractivity contribution is -0.141. The molecule has 0 saturated heterocycles. The van der Waals surface area contributed by atoms with Crippen molar-refractivity contribution in [2.75, 3.05) is 6.61 Å². The Morgan fingerprint density at radius 2 is 2.09 bits per heavy atom. The van der Waals surface area contributed by atoms with E-state index in [1.54, 1.807) is 6.92 Å². The Labute approximate surface area is 96.2 Å². The van der Waals surface area contributed by atoms with Gasteiger partial charge < -0.3 is 4.74 Å². The lowest BCUT2D eigenvalue weighted by Gasteiger charge is -2.15. The highest BCUT2D eigenvalue weighted by Crippen LogP contribution is 2.24. The number of alkyl halides is 1. The average Bonchev–Trinajstić information content (AvgIpc) is 1.80. The lowest BCUT2D eigenvalue weighted by Crippen LogP contribution is -2.21. The number of esters is 1. The molecule has 0 aromatic heterocycles. The molecule has 2 nitrogen and oxygen atoms in total. The average molecular weight is 324 g/mol. The Kier molecular flexibility index (Phi) is 5.66. The van der Waals surface area contributed by atoms with Crippen LogP contribution in [0, 0.1) is 0 Å². The van der Waals surface area contributed by atoms with Crippen LogP contribution in [-0.2, 0) is 9.53 Å². The van der Waals surface area contributed by atoms with Gasteiger partial charge in [0.15, 0.2) is 0 Å². The summed E-state index contributed by atoms with van der Waals surface area (Å²) in [6.45, 7) is 1.84. The number of hydrogen-bond acceptors (Lipinski definition) is 5. The molecule has 0 heterocycles. The van der Waals surface area contributed by atoms with E-state index in [1.165, 1.54) is 0 Å². The minimum atomic E-state index is -0.846. The van der Waals surface area contributed by atoms with Crippen molar-refractivity contribution < 1.29 is 9.53 Å². The maximum atomic E-state index is 10.9. The molecule has 0 N–H and O–H groups in total. The number of halogens is 1. The number of carbonyl (C=O) groups is 1. The quantitative estimate of drug-likeness (QED) is 0.243. The molecule has 0 spiro atoms. The van der Waals surface area contributed by atoms with Crippen LogP contribution in [0.25, 0.3) is 0 Å². The second-order valence-electron chi connectivity index (χ2n) is 2.00. The first-order valence-electron chi connectivity index (χ1n) is 2.81. The van der Waals surface area contributed by atoms with E-state index in [4.69, 9.17) is 4.74 Å². The van der Waals surface area contributed by atoms with Gasteiger partial charge in [0.1, 0.15) is 13.9 Å². The molecule has 0 aliphatic rings. The number of rotatable bonds is 3. The van der Waals surface area contributed by atoms with Crippen molar-refractivity contribution in [2.24, 2.45) is 0 Å². The Morgan fingerprint density at radius 3 is 2.36 bits per heavy atom. The standard InChI is InChI=1S/C5H9IO2S3/c1-3(6)4(7)8-2-5(9,10)11/h3,9-11H,2H2,1H3. The van der Waals surface area contributed by atoms with Crippen LogP contribution < -0.4 is 0 Å². The fraction of sp³-hybridized carbons (Fsp3) is 0.800. The highest BCUT2D eigenvalue weighted by atomic mass is 127. The Hall–Kier alpha value is 1.25. The fourth-order valence-corrected chi connectivity index (χ4v) is 0.656. The lowest BCUT2D eigenvalue weighted by atomic mass is 10.5. The summed E-state index contributed by atoms with van der Waals surface area (Å²) in [5, 5.41) is 0. The van der Waals surface area contributed by atoms with Crippen molar-refractivity contribution in [2.45, 2.75) is 14.3 Å². The Balaban J connectivity index is 3.64. The summed E-state index contributed by atoms with van der Waals surface area (Å²) in [7, 11) is 0. The van der Waals surface area contributed by atoms with Gasteiger partial charge in [0, 0.05) is 0 Å². The van der Waals surface area contributed by atoms with Gasteiger partial charge in [-0.15, -0.1) is 37.9 Å². The molecule has 0 aromatic carbocycles. The molecule has 1 unspecified atom stereocenters. The second-order valence-corrected chi connectivity index (χ2v) is 7.22. The molecule has 0 aliphatic heterocycles. The third kappa shape index (κ3) is 7.61. The maximum Gasteiger partial charge on any atom is 0.318 e. The van der Waals surface area contributed by atoms with Gasteiger partial charge in [-0.2, -0.15) is 0 Å². The molecule has 11 heavy (non-hydrogen) atoms. The molecule has 0 fully saturated rings. The topological polar surface area (TPSA) is 26.3 Å². The molecule has 6 heteroatoms. The molecule has 0 aromatic rings. The summed E-state index contributed by atoms with van der Waals surface area (Å²) >= 11 is 13.8. The third-order valence-electron chi connectivity index (χ3n) is 0.733. The number of hydrogen-bond donors (Lipinski definition) is 3. The van der Waals surface area contributed by atoms with E-state index in [0.717, 1.165) is 0 Å². The van der Waals surface area contributed by atoms with Gasteiger partial charge in [-0.3, -0.25) is 4.79 Å². The summed E-state index contributed by atoms with van der Waals surface area (Å²) in [6, 6.07) is 0. The Bertz CT molecular complexity index is 143. The van der Waals surface area contributed by atoms with Crippen molar-refractivity contribution in [3.05, 3.63) is 0 Å². The number of carbonyl (C=O) groups excluding carboxylic acids is 1. The first kappa shape index (κ1) is 12.2. The Morgan fingerprint density at radius 1 is 1.64 bits per heavy atom. The van der Waals surface area contributed by atoms with E-state index < -0.39 is 3.41 Å². The summed E-state index contributed by atoms with van der Waals surface area (Å²) in [6.07, 6.45) is 0. The first-order valence-corrected chi connectivity index (χ1v) is 5.39. The fourth-order valence-electron chi connectivity index (χ4n) is 0.283. The van der Waals surface area contributed by atoms with E-state index in [-0.39, 0.29) is 16.5 Å². The monoisotopic (exact) mass is 324 g/mol. The smallest absolute Gasteiger partial charge is 0.318 e. The van der Waals surface area contributed by atoms with Crippen LogP contribution in [0.15, 0.2) is 0 Å².